The van der Waals surface area contributed by atoms with Gasteiger partial charge in [0, 0.05) is 6.04 Å². The molecule has 0 rings (SSSR count). The topological polar surface area (TPSA) is 12.0 Å². The maximum Gasteiger partial charge on any atom is 0.00896 e. The van der Waals surface area contributed by atoms with Gasteiger partial charge in [0.05, 0.1) is 0 Å². The first-order valence-electron chi connectivity index (χ1n) is 6.32. The molecular formula is C13H29N. The van der Waals surface area contributed by atoms with Crippen LogP contribution in [0.1, 0.15) is 59.8 Å². The van der Waals surface area contributed by atoms with Gasteiger partial charge in [-0.05, 0) is 25.3 Å². The minimum Gasteiger partial charge on any atom is -0.317 e. The minimum absolute atomic E-state index is 0.705. The Morgan fingerprint density at radius 1 is 1.14 bits per heavy atom. The molecule has 0 aliphatic carbocycles. The summed E-state index contributed by atoms with van der Waals surface area (Å²) in [6, 6.07) is 0.705. The van der Waals surface area contributed by atoms with Crippen molar-refractivity contribution >= 4 is 0 Å². The van der Waals surface area contributed by atoms with Crippen LogP contribution >= 0.6 is 0 Å². The van der Waals surface area contributed by atoms with Gasteiger partial charge in [0.25, 0.3) is 0 Å². The second kappa shape index (κ2) is 8.28. The summed E-state index contributed by atoms with van der Waals surface area (Å²) >= 11 is 0. The Morgan fingerprint density at radius 2 is 1.79 bits per heavy atom. The van der Waals surface area contributed by atoms with Gasteiger partial charge in [-0.3, -0.25) is 0 Å². The normalized spacial score (nSPS) is 15.9. The Kier molecular flexibility index (Phi) is 8.26. The highest BCUT2D eigenvalue weighted by molar-refractivity contribution is 4.72. The van der Waals surface area contributed by atoms with E-state index in [1.54, 1.807) is 0 Å². The van der Waals surface area contributed by atoms with E-state index in [2.05, 4.69) is 40.1 Å². The lowest BCUT2D eigenvalue weighted by atomic mass is 9.88. The first-order valence-corrected chi connectivity index (χ1v) is 6.32. The lowest BCUT2D eigenvalue weighted by Gasteiger charge is -2.25. The summed E-state index contributed by atoms with van der Waals surface area (Å²) in [6.45, 7) is 9.24. The maximum atomic E-state index is 3.44. The Bertz CT molecular complexity index is 120. The van der Waals surface area contributed by atoms with Gasteiger partial charge < -0.3 is 5.32 Å². The largest absolute Gasteiger partial charge is 0.317 e. The van der Waals surface area contributed by atoms with Crippen molar-refractivity contribution in [1.82, 2.24) is 5.32 Å². The molecule has 1 heteroatoms. The molecule has 0 fully saturated rings. The van der Waals surface area contributed by atoms with Crippen LogP contribution in [-0.2, 0) is 0 Å². The third-order valence-electron chi connectivity index (χ3n) is 3.31. The van der Waals surface area contributed by atoms with Crippen molar-refractivity contribution in [1.29, 1.82) is 0 Å². The van der Waals surface area contributed by atoms with Gasteiger partial charge in [0.1, 0.15) is 0 Å². The van der Waals surface area contributed by atoms with E-state index in [1.807, 2.05) is 0 Å². The minimum atomic E-state index is 0.705. The lowest BCUT2D eigenvalue weighted by Crippen LogP contribution is -2.32. The van der Waals surface area contributed by atoms with E-state index in [0.29, 0.717) is 6.04 Å². The van der Waals surface area contributed by atoms with Crippen LogP contribution in [0, 0.1) is 11.8 Å². The highest BCUT2D eigenvalue weighted by atomic mass is 14.9. The molecule has 86 valence electrons. The Morgan fingerprint density at radius 3 is 2.14 bits per heavy atom. The number of hydrogen-bond donors (Lipinski definition) is 1. The standard InChI is InChI=1S/C13H29N/c1-6-8-9-12(7-2)10-13(14-5)11(3)4/h11-14H,6-10H2,1-5H3. The zero-order valence-corrected chi connectivity index (χ0v) is 10.8. The molecule has 2 atom stereocenters. The summed E-state index contributed by atoms with van der Waals surface area (Å²) in [4.78, 5) is 0. The highest BCUT2D eigenvalue weighted by Gasteiger charge is 2.16. The molecule has 0 bridgehead atoms. The van der Waals surface area contributed by atoms with Crippen LogP contribution in [0.5, 0.6) is 0 Å². The van der Waals surface area contributed by atoms with Gasteiger partial charge in [0.15, 0.2) is 0 Å². The summed E-state index contributed by atoms with van der Waals surface area (Å²) in [5, 5.41) is 3.44. The van der Waals surface area contributed by atoms with E-state index >= 15 is 0 Å². The number of unbranched alkanes of at least 4 members (excludes halogenated alkanes) is 1. The van der Waals surface area contributed by atoms with Gasteiger partial charge in [-0.15, -0.1) is 0 Å². The zero-order chi connectivity index (χ0) is 11.0. The molecule has 0 aromatic rings. The molecule has 0 saturated carbocycles. The van der Waals surface area contributed by atoms with Gasteiger partial charge in [-0.1, -0.05) is 53.4 Å². The SMILES string of the molecule is CCCCC(CC)CC(NC)C(C)C. The molecule has 0 radical (unpaired) electrons. The van der Waals surface area contributed by atoms with Gasteiger partial charge in [0.2, 0.25) is 0 Å². The molecule has 2 unspecified atom stereocenters. The second-order valence-electron chi connectivity index (χ2n) is 4.79. The fourth-order valence-electron chi connectivity index (χ4n) is 2.06. The molecule has 0 amide bonds. The van der Waals surface area contributed by atoms with Crippen molar-refractivity contribution < 1.29 is 0 Å². The van der Waals surface area contributed by atoms with E-state index in [1.165, 1.54) is 32.1 Å². The van der Waals surface area contributed by atoms with Crippen molar-refractivity contribution in [2.75, 3.05) is 7.05 Å². The van der Waals surface area contributed by atoms with Crippen LogP contribution in [0.2, 0.25) is 0 Å². The van der Waals surface area contributed by atoms with Gasteiger partial charge in [-0.2, -0.15) is 0 Å². The molecular weight excluding hydrogens is 170 g/mol. The Hall–Kier alpha value is -0.0400. The van der Waals surface area contributed by atoms with Crippen molar-refractivity contribution in [3.63, 3.8) is 0 Å². The summed E-state index contributed by atoms with van der Waals surface area (Å²) in [7, 11) is 2.09. The van der Waals surface area contributed by atoms with Crippen LogP contribution in [0.3, 0.4) is 0 Å². The molecule has 0 aromatic heterocycles. The van der Waals surface area contributed by atoms with Crippen LogP contribution in [0.4, 0.5) is 0 Å². The van der Waals surface area contributed by atoms with E-state index in [9.17, 15) is 0 Å². The molecule has 0 saturated heterocycles. The lowest BCUT2D eigenvalue weighted by molar-refractivity contribution is 0.310. The zero-order valence-electron chi connectivity index (χ0n) is 10.8. The fourth-order valence-corrected chi connectivity index (χ4v) is 2.06. The van der Waals surface area contributed by atoms with Crippen LogP contribution < -0.4 is 5.32 Å². The molecule has 14 heavy (non-hydrogen) atoms. The molecule has 0 heterocycles. The quantitative estimate of drug-likeness (QED) is 0.626. The van der Waals surface area contributed by atoms with E-state index in [4.69, 9.17) is 0 Å². The molecule has 1 nitrogen and oxygen atoms in total. The Balaban J connectivity index is 3.87. The monoisotopic (exact) mass is 199 g/mol. The van der Waals surface area contributed by atoms with E-state index < -0.39 is 0 Å². The molecule has 0 aliphatic rings. The first-order chi connectivity index (χ1) is 6.65. The van der Waals surface area contributed by atoms with Crippen LogP contribution in [0.25, 0.3) is 0 Å². The Labute approximate surface area is 90.7 Å². The van der Waals surface area contributed by atoms with Crippen molar-refractivity contribution in [3.05, 3.63) is 0 Å². The smallest absolute Gasteiger partial charge is 0.00896 e. The van der Waals surface area contributed by atoms with Crippen LogP contribution in [-0.4, -0.2) is 13.1 Å². The van der Waals surface area contributed by atoms with Crippen molar-refractivity contribution in [2.24, 2.45) is 11.8 Å². The maximum absolute atomic E-state index is 3.44. The summed E-state index contributed by atoms with van der Waals surface area (Å²) in [5.41, 5.74) is 0. The number of rotatable bonds is 8. The summed E-state index contributed by atoms with van der Waals surface area (Å²) in [5.74, 6) is 1.69. The predicted molar refractivity (Wildman–Crippen MR) is 65.6 cm³/mol. The third-order valence-corrected chi connectivity index (χ3v) is 3.31. The predicted octanol–water partition coefficient (Wildman–Crippen LogP) is 3.84. The third kappa shape index (κ3) is 5.64. The number of nitrogens with one attached hydrogen (secondary N) is 1. The van der Waals surface area contributed by atoms with Gasteiger partial charge in [-0.25, -0.2) is 0 Å². The van der Waals surface area contributed by atoms with Crippen molar-refractivity contribution in [2.45, 2.75) is 65.8 Å². The van der Waals surface area contributed by atoms with E-state index in [-0.39, 0.29) is 0 Å². The summed E-state index contributed by atoms with van der Waals surface area (Å²) in [6.07, 6.45) is 6.84. The van der Waals surface area contributed by atoms with Crippen molar-refractivity contribution in [3.8, 4) is 0 Å². The average molecular weight is 199 g/mol. The second-order valence-corrected chi connectivity index (χ2v) is 4.79. The first kappa shape index (κ1) is 14.0. The van der Waals surface area contributed by atoms with Crippen LogP contribution in [0.15, 0.2) is 0 Å². The molecule has 0 spiro atoms. The average Bonchev–Trinajstić information content (AvgIpc) is 2.18. The fraction of sp³-hybridized carbons (Fsp3) is 1.00. The van der Waals surface area contributed by atoms with E-state index in [0.717, 1.165) is 11.8 Å². The summed E-state index contributed by atoms with van der Waals surface area (Å²) < 4.78 is 0. The number of hydrogen-bond acceptors (Lipinski definition) is 1. The molecule has 1 N–H and O–H groups in total. The van der Waals surface area contributed by atoms with Gasteiger partial charge >= 0.3 is 0 Å². The molecule has 0 aliphatic heterocycles. The molecule has 0 aromatic carbocycles. The highest BCUT2D eigenvalue weighted by Crippen LogP contribution is 2.21.